The van der Waals surface area contributed by atoms with Gasteiger partial charge in [0.1, 0.15) is 21.8 Å². The van der Waals surface area contributed by atoms with Crippen LogP contribution in [0.5, 0.6) is 0 Å². The van der Waals surface area contributed by atoms with Gasteiger partial charge in [-0.05, 0) is 43.0 Å². The van der Waals surface area contributed by atoms with Gasteiger partial charge < -0.3 is 4.90 Å². The Bertz CT molecular complexity index is 1570. The van der Waals surface area contributed by atoms with Crippen LogP contribution in [-0.2, 0) is 24.3 Å². The van der Waals surface area contributed by atoms with Crippen LogP contribution in [0.1, 0.15) is 34.7 Å². The van der Waals surface area contributed by atoms with E-state index in [1.807, 2.05) is 49.4 Å². The van der Waals surface area contributed by atoms with Gasteiger partial charge in [0.25, 0.3) is 11.5 Å². The molecule has 0 aliphatic carbocycles. The number of anilines is 1. The van der Waals surface area contributed by atoms with Gasteiger partial charge in [0.15, 0.2) is 0 Å². The van der Waals surface area contributed by atoms with Crippen LogP contribution in [0.25, 0.3) is 6.08 Å². The number of hydrogen-bond donors (Lipinski definition) is 0. The summed E-state index contributed by atoms with van der Waals surface area (Å²) in [6.45, 7) is 8.66. The van der Waals surface area contributed by atoms with Crippen LogP contribution in [0.4, 0.5) is 5.82 Å². The number of carbonyl (C=O) groups is 1. The van der Waals surface area contributed by atoms with Crippen molar-refractivity contribution < 1.29 is 4.79 Å². The maximum absolute atomic E-state index is 13.5. The van der Waals surface area contributed by atoms with E-state index in [9.17, 15) is 14.9 Å². The second-order valence-corrected chi connectivity index (χ2v) is 11.9. The maximum Gasteiger partial charge on any atom is 0.270 e. The fourth-order valence-electron chi connectivity index (χ4n) is 5.45. The number of nitrogens with zero attached hydrogens (tertiary/aromatic N) is 5. The van der Waals surface area contributed by atoms with Crippen molar-refractivity contribution in [3.8, 4) is 6.07 Å². The van der Waals surface area contributed by atoms with Gasteiger partial charge in [-0.15, -0.1) is 0 Å². The first-order valence-corrected chi connectivity index (χ1v) is 15.1. The van der Waals surface area contributed by atoms with Crippen LogP contribution in [0.2, 0.25) is 0 Å². The van der Waals surface area contributed by atoms with Crippen LogP contribution < -0.4 is 10.5 Å². The topological polar surface area (TPSA) is 72.6 Å². The quantitative estimate of drug-likeness (QED) is 0.278. The first-order chi connectivity index (χ1) is 19.9. The van der Waals surface area contributed by atoms with Gasteiger partial charge in [0.2, 0.25) is 0 Å². The van der Waals surface area contributed by atoms with Crippen molar-refractivity contribution in [2.45, 2.75) is 33.4 Å². The zero-order valence-corrected chi connectivity index (χ0v) is 25.0. The number of benzene rings is 2. The van der Waals surface area contributed by atoms with E-state index in [0.29, 0.717) is 34.3 Å². The number of amides is 1. The zero-order chi connectivity index (χ0) is 28.9. The molecule has 0 unspecified atom stereocenters. The first-order valence-electron chi connectivity index (χ1n) is 13.9. The fourth-order valence-corrected chi connectivity index (χ4v) is 6.74. The van der Waals surface area contributed by atoms with E-state index < -0.39 is 0 Å². The monoisotopic (exact) mass is 583 g/mol. The zero-order valence-electron chi connectivity index (χ0n) is 23.4. The van der Waals surface area contributed by atoms with Crippen molar-refractivity contribution in [3.63, 3.8) is 0 Å². The molecule has 2 aliphatic rings. The molecule has 2 saturated heterocycles. The van der Waals surface area contributed by atoms with Crippen molar-refractivity contribution in [3.05, 3.63) is 104 Å². The van der Waals surface area contributed by atoms with Gasteiger partial charge in [0, 0.05) is 51.4 Å². The van der Waals surface area contributed by atoms with E-state index in [-0.39, 0.29) is 17.0 Å². The minimum Gasteiger partial charge on any atom is -0.355 e. The summed E-state index contributed by atoms with van der Waals surface area (Å²) in [5, 5.41) is 9.89. The highest BCUT2D eigenvalue weighted by atomic mass is 32.2. The summed E-state index contributed by atoms with van der Waals surface area (Å²) >= 11 is 6.89. The number of thioether (sulfide) groups is 1. The van der Waals surface area contributed by atoms with Crippen molar-refractivity contribution in [1.29, 1.82) is 5.26 Å². The largest absolute Gasteiger partial charge is 0.355 e. The molecule has 2 aromatic carbocycles. The highest BCUT2D eigenvalue weighted by Crippen LogP contribution is 2.36. The summed E-state index contributed by atoms with van der Waals surface area (Å²) in [6, 6.07) is 22.6. The summed E-state index contributed by atoms with van der Waals surface area (Å²) < 4.78 is 2.20. The van der Waals surface area contributed by atoms with E-state index in [1.54, 1.807) is 16.4 Å². The van der Waals surface area contributed by atoms with Crippen molar-refractivity contribution in [2.75, 3.05) is 37.6 Å². The summed E-state index contributed by atoms with van der Waals surface area (Å²) in [7, 11) is 0. The summed E-state index contributed by atoms with van der Waals surface area (Å²) in [5.41, 5.74) is 3.58. The third kappa shape index (κ3) is 6.15. The van der Waals surface area contributed by atoms with Gasteiger partial charge in [-0.2, -0.15) is 5.26 Å². The Morgan fingerprint density at radius 3 is 2.22 bits per heavy atom. The molecule has 0 radical (unpaired) electrons. The molecule has 7 nitrogen and oxygen atoms in total. The molecule has 9 heteroatoms. The Labute approximate surface area is 250 Å². The average molecular weight is 584 g/mol. The number of thiocarbonyl (C=S) groups is 1. The van der Waals surface area contributed by atoms with Gasteiger partial charge >= 0.3 is 0 Å². The van der Waals surface area contributed by atoms with Crippen molar-refractivity contribution >= 4 is 46.1 Å². The maximum atomic E-state index is 13.5. The molecule has 2 aliphatic heterocycles. The normalized spacial score (nSPS) is 17.0. The minimum atomic E-state index is -0.290. The van der Waals surface area contributed by atoms with Gasteiger partial charge in [-0.25, -0.2) is 0 Å². The molecule has 3 aromatic rings. The smallest absolute Gasteiger partial charge is 0.270 e. The second-order valence-electron chi connectivity index (χ2n) is 10.2. The lowest BCUT2D eigenvalue weighted by Gasteiger charge is -2.38. The van der Waals surface area contributed by atoms with E-state index in [4.69, 9.17) is 12.2 Å². The van der Waals surface area contributed by atoms with Gasteiger partial charge in [-0.3, -0.25) is 24.0 Å². The Morgan fingerprint density at radius 2 is 1.61 bits per heavy atom. The third-order valence-corrected chi connectivity index (χ3v) is 9.08. The summed E-state index contributed by atoms with van der Waals surface area (Å²) in [5.74, 6) is 0.629. The lowest BCUT2D eigenvalue weighted by molar-refractivity contribution is -0.122. The molecular weight excluding hydrogens is 551 g/mol. The second kappa shape index (κ2) is 12.9. The number of rotatable bonds is 8. The summed E-state index contributed by atoms with van der Waals surface area (Å²) in [4.78, 5) is 33.7. The van der Waals surface area contributed by atoms with Crippen molar-refractivity contribution in [2.24, 2.45) is 0 Å². The van der Waals surface area contributed by atoms with E-state index in [0.717, 1.165) is 49.7 Å². The highest BCUT2D eigenvalue weighted by Gasteiger charge is 2.33. The lowest BCUT2D eigenvalue weighted by atomic mass is 10.0. The SMILES string of the molecule is CCn1c(N2CCN(Cc3ccccc3)CC2)c(/C=C2/SC(=S)N(CCc3ccccc3)C2=O)c(C)c(C#N)c1=O. The fraction of sp³-hybridized carbons (Fsp3) is 0.312. The molecule has 210 valence electrons. The molecule has 0 saturated carbocycles. The molecular formula is C32H33N5O2S2. The number of nitriles is 1. The number of pyridine rings is 1. The first kappa shape index (κ1) is 28.8. The molecule has 3 heterocycles. The molecule has 1 aromatic heterocycles. The molecule has 5 rings (SSSR count). The van der Waals surface area contributed by atoms with Crippen LogP contribution in [0, 0.1) is 18.3 Å². The highest BCUT2D eigenvalue weighted by molar-refractivity contribution is 8.26. The molecule has 0 atom stereocenters. The average Bonchev–Trinajstić information content (AvgIpc) is 3.26. The lowest BCUT2D eigenvalue weighted by Crippen LogP contribution is -2.48. The molecule has 2 fully saturated rings. The van der Waals surface area contributed by atoms with E-state index in [1.165, 1.54) is 17.3 Å². The van der Waals surface area contributed by atoms with Gasteiger partial charge in [-0.1, -0.05) is 84.6 Å². The number of aromatic nitrogens is 1. The number of hydrogen-bond acceptors (Lipinski definition) is 7. The Hall–Kier alpha value is -3.71. The number of piperazine rings is 1. The Balaban J connectivity index is 1.45. The molecule has 0 spiro atoms. The van der Waals surface area contributed by atoms with Crippen LogP contribution in [-0.4, -0.2) is 57.3 Å². The van der Waals surface area contributed by atoms with Crippen molar-refractivity contribution in [1.82, 2.24) is 14.4 Å². The van der Waals surface area contributed by atoms with Crippen LogP contribution >= 0.6 is 24.0 Å². The minimum absolute atomic E-state index is 0.115. The predicted molar refractivity (Wildman–Crippen MR) is 170 cm³/mol. The Kier molecular flexibility index (Phi) is 9.03. The summed E-state index contributed by atoms with van der Waals surface area (Å²) in [6.07, 6.45) is 2.55. The molecule has 0 bridgehead atoms. The predicted octanol–water partition coefficient (Wildman–Crippen LogP) is 4.81. The van der Waals surface area contributed by atoms with Crippen LogP contribution in [0.15, 0.2) is 70.4 Å². The third-order valence-electron chi connectivity index (χ3n) is 7.70. The molecule has 1 amide bonds. The number of carbonyl (C=O) groups excluding carboxylic acids is 1. The van der Waals surface area contributed by atoms with E-state index in [2.05, 4.69) is 40.1 Å². The Morgan fingerprint density at radius 1 is 0.976 bits per heavy atom. The standard InChI is InChI=1S/C32H33N5O2S2/c1-3-36-29(35-18-16-34(17-19-35)22-25-12-8-5-9-13-25)26(23(2)27(21-33)30(36)38)20-28-31(39)37(32(40)41-28)15-14-24-10-6-4-7-11-24/h4-13,20H,3,14-19,22H2,1-2H3/b28-20+. The van der Waals surface area contributed by atoms with E-state index >= 15 is 0 Å². The molecule has 0 N–H and O–H groups in total. The molecule has 41 heavy (non-hydrogen) atoms. The van der Waals surface area contributed by atoms with Crippen LogP contribution in [0.3, 0.4) is 0 Å². The van der Waals surface area contributed by atoms with Gasteiger partial charge in [0.05, 0.1) is 4.91 Å².